The largest absolute Gasteiger partial charge is 0.335 e. The van der Waals surface area contributed by atoms with Crippen molar-refractivity contribution in [2.24, 2.45) is 0 Å². The van der Waals surface area contributed by atoms with Gasteiger partial charge >= 0.3 is 0 Å². The molecule has 0 bridgehead atoms. The Labute approximate surface area is 201 Å². The second-order valence-electron chi connectivity index (χ2n) is 8.16. The number of nitriles is 1. The van der Waals surface area contributed by atoms with Gasteiger partial charge in [0.2, 0.25) is 0 Å². The predicted octanol–water partition coefficient (Wildman–Crippen LogP) is 2.01. The monoisotopic (exact) mass is 476 g/mol. The van der Waals surface area contributed by atoms with Crippen LogP contribution in [0.25, 0.3) is 17.3 Å². The van der Waals surface area contributed by atoms with Gasteiger partial charge < -0.3 is 9.80 Å². The molecule has 0 spiro atoms. The Morgan fingerprint density at radius 2 is 1.85 bits per heavy atom. The molecule has 2 heterocycles. The molecule has 1 fully saturated rings. The molecule has 1 saturated heterocycles. The van der Waals surface area contributed by atoms with Crippen molar-refractivity contribution in [1.29, 1.82) is 5.26 Å². The number of aryl methyl sites for hydroxylation is 1. The molecule has 34 heavy (non-hydrogen) atoms. The number of amides is 1. The Bertz CT molecular complexity index is 1430. The third-order valence-electron chi connectivity index (χ3n) is 5.89. The number of halogens is 1. The minimum absolute atomic E-state index is 0.0831. The van der Waals surface area contributed by atoms with Gasteiger partial charge in [0.05, 0.1) is 10.2 Å². The highest BCUT2D eigenvalue weighted by Gasteiger charge is 2.25. The third kappa shape index (κ3) is 4.86. The van der Waals surface area contributed by atoms with Gasteiger partial charge in [-0.2, -0.15) is 5.26 Å². The van der Waals surface area contributed by atoms with Crippen molar-refractivity contribution in [1.82, 2.24) is 14.4 Å². The van der Waals surface area contributed by atoms with Crippen LogP contribution in [-0.4, -0.2) is 53.0 Å². The topological polar surface area (TPSA) is 69.3 Å². The van der Waals surface area contributed by atoms with Crippen molar-refractivity contribution in [3.8, 4) is 11.8 Å². The standard InChI is InChI=1S/C26H25FN4O2S/c1-3-29-11-13-30(14-12-29)24(32)22(17-28)26-31(21-9-7-20(27)8-10-21)25(33)23(34-26)16-19-6-4-5-18(2)15-19/h4-10,15-16H,3,11-14H2,1-2H3. The van der Waals surface area contributed by atoms with E-state index in [1.165, 1.54) is 28.8 Å². The summed E-state index contributed by atoms with van der Waals surface area (Å²) >= 11 is 1.10. The first kappa shape index (κ1) is 23.6. The molecule has 0 saturated carbocycles. The Balaban J connectivity index is 1.92. The van der Waals surface area contributed by atoms with Crippen LogP contribution in [0.15, 0.2) is 53.3 Å². The van der Waals surface area contributed by atoms with Crippen molar-refractivity contribution < 1.29 is 9.18 Å². The van der Waals surface area contributed by atoms with Crippen molar-refractivity contribution in [3.63, 3.8) is 0 Å². The molecule has 0 radical (unpaired) electrons. The van der Waals surface area contributed by atoms with Gasteiger partial charge in [-0.15, -0.1) is 11.3 Å². The number of rotatable bonds is 4. The molecule has 0 N–H and O–H groups in total. The van der Waals surface area contributed by atoms with Crippen LogP contribution in [0.2, 0.25) is 0 Å². The molecule has 8 heteroatoms. The van der Waals surface area contributed by atoms with E-state index in [1.807, 2.05) is 31.2 Å². The van der Waals surface area contributed by atoms with Gasteiger partial charge in [0, 0.05) is 26.2 Å². The molecule has 0 atom stereocenters. The summed E-state index contributed by atoms with van der Waals surface area (Å²) in [6, 6.07) is 15.2. The number of piperazine rings is 1. The number of carbonyl (C=O) groups is 1. The van der Waals surface area contributed by atoms with Crippen LogP contribution >= 0.6 is 11.3 Å². The molecule has 0 unspecified atom stereocenters. The zero-order valence-electron chi connectivity index (χ0n) is 19.1. The summed E-state index contributed by atoms with van der Waals surface area (Å²) in [7, 11) is 0. The van der Waals surface area contributed by atoms with Gasteiger partial charge in [-0.3, -0.25) is 14.2 Å². The first-order valence-corrected chi connectivity index (χ1v) is 11.9. The summed E-state index contributed by atoms with van der Waals surface area (Å²) < 4.78 is 15.6. The van der Waals surface area contributed by atoms with E-state index < -0.39 is 11.7 Å². The fourth-order valence-electron chi connectivity index (χ4n) is 4.00. The second kappa shape index (κ2) is 10.2. The van der Waals surface area contributed by atoms with E-state index in [0.29, 0.717) is 23.3 Å². The van der Waals surface area contributed by atoms with E-state index in [4.69, 9.17) is 0 Å². The lowest BCUT2D eigenvalue weighted by atomic mass is 10.1. The lowest BCUT2D eigenvalue weighted by molar-refractivity contribution is -0.126. The maximum absolute atomic E-state index is 13.6. The maximum atomic E-state index is 13.6. The normalized spacial score (nSPS) is 15.8. The molecule has 0 aliphatic carbocycles. The summed E-state index contributed by atoms with van der Waals surface area (Å²) in [5, 5.41) is 10.00. The molecule has 6 nitrogen and oxygen atoms in total. The van der Waals surface area contributed by atoms with E-state index >= 15 is 0 Å². The van der Waals surface area contributed by atoms with E-state index in [-0.39, 0.29) is 15.8 Å². The number of carbonyl (C=O) groups excluding carboxylic acids is 1. The lowest BCUT2D eigenvalue weighted by Gasteiger charge is -2.33. The molecule has 1 aliphatic heterocycles. The molecule has 1 aromatic heterocycles. The minimum Gasteiger partial charge on any atom is -0.335 e. The first-order chi connectivity index (χ1) is 16.4. The van der Waals surface area contributed by atoms with Gasteiger partial charge in [-0.1, -0.05) is 36.8 Å². The van der Waals surface area contributed by atoms with Gasteiger partial charge in [0.15, 0.2) is 5.57 Å². The van der Waals surface area contributed by atoms with Crippen LogP contribution in [0.3, 0.4) is 0 Å². The van der Waals surface area contributed by atoms with E-state index in [1.54, 1.807) is 11.0 Å². The van der Waals surface area contributed by atoms with Crippen LogP contribution in [-0.2, 0) is 4.79 Å². The fourth-order valence-corrected chi connectivity index (χ4v) is 5.09. The molecule has 2 aromatic carbocycles. The SMILES string of the molecule is CCN1CCN(C(=O)C(C#N)=c2sc(=Cc3cccc(C)c3)c(=O)n2-c2ccc(F)cc2)CC1. The number of nitrogens with zero attached hydrogens (tertiary/aromatic N) is 4. The Kier molecular flexibility index (Phi) is 7.06. The van der Waals surface area contributed by atoms with Crippen molar-refractivity contribution >= 4 is 28.9 Å². The Morgan fingerprint density at radius 3 is 2.47 bits per heavy atom. The van der Waals surface area contributed by atoms with Gasteiger partial charge in [0.1, 0.15) is 16.5 Å². The first-order valence-electron chi connectivity index (χ1n) is 11.1. The van der Waals surface area contributed by atoms with Crippen molar-refractivity contribution in [2.45, 2.75) is 13.8 Å². The molecular formula is C26H25FN4O2S. The third-order valence-corrected chi connectivity index (χ3v) is 6.99. The zero-order valence-corrected chi connectivity index (χ0v) is 19.9. The highest BCUT2D eigenvalue weighted by Crippen LogP contribution is 2.10. The number of thiazole rings is 1. The summed E-state index contributed by atoms with van der Waals surface area (Å²) in [6.45, 7) is 7.46. The lowest BCUT2D eigenvalue weighted by Crippen LogP contribution is -2.49. The molecule has 174 valence electrons. The smallest absolute Gasteiger partial charge is 0.273 e. The summed E-state index contributed by atoms with van der Waals surface area (Å²) in [6.07, 6.45) is 1.75. The summed E-state index contributed by atoms with van der Waals surface area (Å²) in [5.74, 6) is -0.827. The van der Waals surface area contributed by atoms with E-state index in [2.05, 4.69) is 17.9 Å². The average Bonchev–Trinajstić information content (AvgIpc) is 3.15. The minimum atomic E-state index is -0.436. The van der Waals surface area contributed by atoms with Crippen LogP contribution in [0, 0.1) is 24.1 Å². The highest BCUT2D eigenvalue weighted by atomic mass is 32.1. The fraction of sp³-hybridized carbons (Fsp3) is 0.269. The van der Waals surface area contributed by atoms with Crippen molar-refractivity contribution in [3.05, 3.63) is 85.0 Å². The molecule has 4 rings (SSSR count). The Morgan fingerprint density at radius 1 is 1.15 bits per heavy atom. The molecule has 3 aromatic rings. The van der Waals surface area contributed by atoms with Crippen molar-refractivity contribution in [2.75, 3.05) is 32.7 Å². The predicted molar refractivity (Wildman–Crippen MR) is 132 cm³/mol. The van der Waals surface area contributed by atoms with Crippen LogP contribution in [0.1, 0.15) is 18.1 Å². The van der Waals surface area contributed by atoms with Gasteiger partial charge in [-0.25, -0.2) is 4.39 Å². The summed E-state index contributed by atoms with van der Waals surface area (Å²) in [5.41, 5.74) is 1.86. The highest BCUT2D eigenvalue weighted by molar-refractivity contribution is 7.07. The van der Waals surface area contributed by atoms with Gasteiger partial charge in [0.25, 0.3) is 11.5 Å². The Hall–Kier alpha value is -3.54. The number of benzene rings is 2. The summed E-state index contributed by atoms with van der Waals surface area (Å²) in [4.78, 5) is 30.7. The molecule has 1 aliphatic rings. The van der Waals surface area contributed by atoms with Crippen LogP contribution in [0.5, 0.6) is 0 Å². The number of likely N-dealkylation sites (N-methyl/N-ethyl adjacent to an activating group) is 1. The average molecular weight is 477 g/mol. The van der Waals surface area contributed by atoms with Crippen LogP contribution < -0.4 is 14.8 Å². The number of hydrogen-bond acceptors (Lipinski definition) is 5. The zero-order chi connectivity index (χ0) is 24.2. The maximum Gasteiger partial charge on any atom is 0.273 e. The van der Waals surface area contributed by atoms with Gasteiger partial charge in [-0.05, 0) is 49.4 Å². The quantitative estimate of drug-likeness (QED) is 0.578. The number of hydrogen-bond donors (Lipinski definition) is 0. The van der Waals surface area contributed by atoms with Crippen LogP contribution in [0.4, 0.5) is 4.39 Å². The van der Waals surface area contributed by atoms with E-state index in [9.17, 15) is 19.2 Å². The second-order valence-corrected chi connectivity index (χ2v) is 9.19. The molecular weight excluding hydrogens is 451 g/mol. The molecule has 1 amide bonds. The number of aromatic nitrogens is 1. The van der Waals surface area contributed by atoms with E-state index in [0.717, 1.165) is 42.1 Å².